The molecule has 14 saturated carbocycles. The van der Waals surface area contributed by atoms with Crippen LogP contribution in [-0.2, 0) is 76.3 Å². The number of carbonyl (C=O) groups is 8. The molecule has 29 atom stereocenters. The molecule has 0 aromatic heterocycles. The lowest BCUT2D eigenvalue weighted by atomic mass is 9.73. The summed E-state index contributed by atoms with van der Waals surface area (Å²) in [5, 5.41) is 40.2. The molecule has 23 rings (SSSR count). The number of rotatable bonds is 9. The van der Waals surface area contributed by atoms with Gasteiger partial charge in [-0.05, 0) is 329 Å². The normalized spacial score (nSPS) is 43.6. The molecule has 5 spiro atoms. The first-order valence-corrected chi connectivity index (χ1v) is 48.8. The standard InChI is InChI=1S/C19H29NO2.2C17H27NO3.C17H22O2.C15H20O4.C15H18O2.C4H4O4.CH4.ClH/c1-20(2)11-13-12-3-5-18(7-8-18)14-4-6-19(9-10-19)15(14)16(12)22-17(13)21;2*1-10-5-6-12-13(9-18(3)4)16(19)21-15(12)14-11(10)7-8-17(14,2)20;1-10-11-2-4-16(6-7-16)12-3-5-17(8-9-17)13(12)14(11)19-15(10)18;1-8-9-4-5-14(3)15(19-14)7-6-13(2,17)11(15)10(9)18-12(8)16;1-8-4-7-12-10(3)15(16)17-14(12)13-9(2)5-6-11(8)13;5-3-8-2-1-4(6)7;;/h12-16H,3-11H2,1-2H3;2*12-15,20H,5-9H2,1-4H3;11-14H,1-9H2;9-11,17H,1,4-7H2,2-3H3;11-14H,1-7H2;1-3H,(H,6,7);1H4;1H/b;;;;;;2-1+;;/t12-,13-,14+,15-,16-;2*12-,13-,14?,15-,17+;11-,12+,13-,14-;9-,10-,11?,13+,14-,15+;11-,12-,13-,14-;;;/m000000.../s1. The third-order valence-electron chi connectivity index (χ3n) is 37.9. The number of esters is 6. The van der Waals surface area contributed by atoms with Crippen molar-refractivity contribution in [1.82, 2.24) is 14.7 Å². The van der Waals surface area contributed by atoms with Gasteiger partial charge < -0.3 is 73.0 Å². The summed E-state index contributed by atoms with van der Waals surface area (Å²) >= 11 is 0. The van der Waals surface area contributed by atoms with Crippen LogP contribution in [-0.4, -0.2) is 210 Å². The summed E-state index contributed by atoms with van der Waals surface area (Å²) in [4.78, 5) is 97.8. The van der Waals surface area contributed by atoms with E-state index >= 15 is 0 Å². The maximum Gasteiger partial charge on any atom is 0.334 e. The smallest absolute Gasteiger partial charge is 0.334 e. The number of ether oxygens (including phenoxy) is 8. The van der Waals surface area contributed by atoms with Crippen LogP contribution >= 0.6 is 12.4 Å². The van der Waals surface area contributed by atoms with Crippen LogP contribution in [0.25, 0.3) is 0 Å². The van der Waals surface area contributed by atoms with E-state index in [4.69, 9.17) is 38.3 Å². The average Bonchev–Trinajstić information content (AvgIpc) is 1.49. The molecule has 16 aliphatic carbocycles. The van der Waals surface area contributed by atoms with Crippen LogP contribution in [0, 0.1) is 128 Å². The fourth-order valence-electron chi connectivity index (χ4n) is 30.6. The maximum absolute atomic E-state index is 12.5. The zero-order chi connectivity index (χ0) is 90.9. The second-order valence-electron chi connectivity index (χ2n) is 46.0. The Morgan fingerprint density at radius 1 is 0.434 bits per heavy atom. The Morgan fingerprint density at radius 3 is 1.29 bits per heavy atom. The van der Waals surface area contributed by atoms with E-state index in [9.17, 15) is 53.7 Å². The maximum atomic E-state index is 12.5. The molecule has 0 amide bonds. The summed E-state index contributed by atoms with van der Waals surface area (Å²) in [6, 6.07) is 0. The van der Waals surface area contributed by atoms with Crippen LogP contribution in [0.3, 0.4) is 0 Å². The lowest BCUT2D eigenvalue weighted by Gasteiger charge is -2.33. The molecule has 3 unspecified atom stereocenters. The van der Waals surface area contributed by atoms with Gasteiger partial charge in [-0.2, -0.15) is 0 Å². The van der Waals surface area contributed by atoms with E-state index in [1.54, 1.807) is 0 Å². The first-order chi connectivity index (χ1) is 60.0. The number of nitrogens with zero attached hydrogens (tertiary/aromatic N) is 3. The molecular weight excluding hydrogens is 1660 g/mol. The third kappa shape index (κ3) is 17.4. The number of aliphatic hydroxyl groups is 3. The van der Waals surface area contributed by atoms with E-state index in [-0.39, 0.29) is 175 Å². The topological polar surface area (TPSA) is 304 Å². The lowest BCUT2D eigenvalue weighted by molar-refractivity contribution is -0.149. The van der Waals surface area contributed by atoms with Crippen LogP contribution < -0.4 is 0 Å². The highest BCUT2D eigenvalue weighted by molar-refractivity contribution is 5.92. The number of fused-ring (bicyclic) bond motifs is 21. The lowest BCUT2D eigenvalue weighted by Crippen LogP contribution is -2.46. The number of hydrogen-bond donors (Lipinski definition) is 4. The van der Waals surface area contributed by atoms with Gasteiger partial charge in [0, 0.05) is 101 Å². The fraction of sp³-hybridized carbons (Fsp3) is 0.771. The third-order valence-corrected chi connectivity index (χ3v) is 37.9. The molecule has 7 heterocycles. The summed E-state index contributed by atoms with van der Waals surface area (Å²) < 4.78 is 44.6. The molecule has 0 radical (unpaired) electrons. The van der Waals surface area contributed by atoms with E-state index in [0.717, 1.165) is 146 Å². The number of carbonyl (C=O) groups excluding carboxylic acids is 7. The molecule has 24 heteroatoms. The van der Waals surface area contributed by atoms with Crippen molar-refractivity contribution >= 4 is 60.7 Å². The van der Waals surface area contributed by atoms with Gasteiger partial charge in [-0.1, -0.05) is 73.8 Å². The molecule has 0 aromatic rings. The number of carboxylic acids is 1. The van der Waals surface area contributed by atoms with Gasteiger partial charge in [-0.15, -0.1) is 12.4 Å². The van der Waals surface area contributed by atoms with Gasteiger partial charge in [0.15, 0.2) is 0 Å². The zero-order valence-electron chi connectivity index (χ0n) is 78.4. The number of epoxide rings is 1. The summed E-state index contributed by atoms with van der Waals surface area (Å²) in [6.07, 6.45) is 38.4. The predicted octanol–water partition coefficient (Wildman–Crippen LogP) is 15.9. The van der Waals surface area contributed by atoms with Gasteiger partial charge in [0.1, 0.15) is 48.5 Å². The van der Waals surface area contributed by atoms with Crippen LogP contribution in [0.15, 0.2) is 95.4 Å². The highest BCUT2D eigenvalue weighted by atomic mass is 35.5. The summed E-state index contributed by atoms with van der Waals surface area (Å²) in [7, 11) is 12.2. The van der Waals surface area contributed by atoms with Gasteiger partial charge >= 0.3 is 41.8 Å². The van der Waals surface area contributed by atoms with E-state index < -0.39 is 22.8 Å². The Bertz CT molecular complexity index is 4450. The van der Waals surface area contributed by atoms with Gasteiger partial charge in [0.05, 0.1) is 52.2 Å². The second-order valence-corrected chi connectivity index (χ2v) is 46.0. The summed E-state index contributed by atoms with van der Waals surface area (Å²) in [5.74, 6) is 3.55. The molecule has 129 heavy (non-hydrogen) atoms. The molecular formula is C105H152ClN3O20. The van der Waals surface area contributed by atoms with E-state index in [2.05, 4.69) is 87.2 Å². The molecule has 21 fully saturated rings. The van der Waals surface area contributed by atoms with E-state index in [1.807, 2.05) is 49.0 Å². The Hall–Kier alpha value is -6.31. The largest absolute Gasteiger partial charge is 0.478 e. The minimum atomic E-state index is -1.15. The van der Waals surface area contributed by atoms with Gasteiger partial charge in [-0.3, -0.25) is 19.2 Å². The van der Waals surface area contributed by atoms with Crippen LogP contribution in [0.4, 0.5) is 0 Å². The first-order valence-electron chi connectivity index (χ1n) is 48.8. The van der Waals surface area contributed by atoms with Crippen LogP contribution in [0.5, 0.6) is 0 Å². The number of aliphatic carboxylic acids is 1. The molecule has 23 nitrogen and oxygen atoms in total. The molecule has 714 valence electrons. The van der Waals surface area contributed by atoms with Crippen LogP contribution in [0.1, 0.15) is 254 Å². The van der Waals surface area contributed by atoms with Crippen molar-refractivity contribution in [2.24, 2.45) is 128 Å². The Balaban J connectivity index is 0.000000117. The van der Waals surface area contributed by atoms with Gasteiger partial charge in [-0.25, -0.2) is 19.2 Å². The molecule has 0 aromatic carbocycles. The van der Waals surface area contributed by atoms with E-state index in [1.165, 1.54) is 130 Å². The van der Waals surface area contributed by atoms with Crippen molar-refractivity contribution in [2.45, 2.75) is 319 Å². The fourth-order valence-corrected chi connectivity index (χ4v) is 30.6. The highest BCUT2D eigenvalue weighted by Gasteiger charge is 2.80. The first kappa shape index (κ1) is 97.2. The molecule has 7 aliphatic heterocycles. The van der Waals surface area contributed by atoms with Crippen molar-refractivity contribution in [2.75, 3.05) is 61.9 Å². The summed E-state index contributed by atoms with van der Waals surface area (Å²) in [6.45, 7) is 34.9. The van der Waals surface area contributed by atoms with Crippen molar-refractivity contribution in [3.8, 4) is 0 Å². The highest BCUT2D eigenvalue weighted by Crippen LogP contribution is 2.77. The molecule has 4 N–H and O–H groups in total. The van der Waals surface area contributed by atoms with Crippen molar-refractivity contribution in [3.63, 3.8) is 0 Å². The Kier molecular flexibility index (Phi) is 26.9. The SMILES string of the molecule is C.C=C1C(=O)O[C@@H]2C3[C@](C)(O)CC[C@@]34O[C@@]4(C)CC[C@@H]12.C=C1C(=O)O[C@@H]2[C@@H]3[C@@H](CCC34CC4)C3(CC[C@@H]12)CC3.C=C1CC[C@H]2C(=C)CC[C@H]3C(=C)C(=O)O[C@@H]3[C@@H]12.CC1=C2CC[C@@](C)(O)C2[C@H]2OC(=O)[C@@H](CN(C)C)[C@@H]2CC1.CC1=C2CC[C@@](C)(O)C2[C@H]2OC(=O)[C@@H](CN(C)C)[C@@H]2CC1.CN(C)C[C@@H]1C(=O)O[C@H]2[C@H]1CCC1(CC1)[C@@H]1CCC3(CC3)[C@H]21.Cl.O=CO/C=C/C(=O)O. The number of hydrogen-bond acceptors (Lipinski definition) is 22. The number of halogens is 1. The Morgan fingerprint density at radius 2 is 0.829 bits per heavy atom. The monoisotopic (exact) mass is 1810 g/mol. The van der Waals surface area contributed by atoms with Crippen molar-refractivity contribution in [3.05, 3.63) is 95.4 Å². The van der Waals surface area contributed by atoms with Crippen molar-refractivity contribution in [1.29, 1.82) is 0 Å². The molecule has 7 saturated heterocycles. The Labute approximate surface area is 772 Å². The van der Waals surface area contributed by atoms with E-state index in [0.29, 0.717) is 74.9 Å². The van der Waals surface area contributed by atoms with Crippen molar-refractivity contribution < 1.29 is 96.7 Å². The molecule has 23 aliphatic rings. The quantitative estimate of drug-likeness (QED) is 0.0317. The zero-order valence-corrected chi connectivity index (χ0v) is 79.3. The second kappa shape index (κ2) is 35.7. The van der Waals surface area contributed by atoms with Gasteiger partial charge in [0.2, 0.25) is 0 Å². The summed E-state index contributed by atoms with van der Waals surface area (Å²) in [5.41, 5.74) is 9.79. The minimum absolute atomic E-state index is 0. The number of carboxylic acid groups (broad SMARTS) is 1. The predicted molar refractivity (Wildman–Crippen MR) is 488 cm³/mol. The average molecular weight is 1810 g/mol. The minimum Gasteiger partial charge on any atom is -0.478 e. The number of allylic oxidation sites excluding steroid dienone is 3. The van der Waals surface area contributed by atoms with Gasteiger partial charge in [0.25, 0.3) is 6.47 Å². The van der Waals surface area contributed by atoms with Crippen LogP contribution in [0.2, 0.25) is 0 Å². The molecule has 0 bridgehead atoms.